The van der Waals surface area contributed by atoms with Gasteiger partial charge in [-0.2, -0.15) is 0 Å². The number of aromatic nitrogens is 2. The molecule has 4 rings (SSSR count). The zero-order chi connectivity index (χ0) is 23.7. The lowest BCUT2D eigenvalue weighted by molar-refractivity contribution is -0.133. The Morgan fingerprint density at radius 2 is 1.82 bits per heavy atom. The van der Waals surface area contributed by atoms with Crippen LogP contribution in [-0.2, 0) is 4.79 Å². The van der Waals surface area contributed by atoms with Gasteiger partial charge in [-0.15, -0.1) is 0 Å². The quantitative estimate of drug-likeness (QED) is 0.692. The van der Waals surface area contributed by atoms with Crippen LogP contribution in [0.15, 0.2) is 24.5 Å². The van der Waals surface area contributed by atoms with Crippen molar-refractivity contribution < 1.29 is 18.7 Å². The molecule has 33 heavy (non-hydrogen) atoms. The Labute approximate surface area is 192 Å². The number of carbonyl (C=O) groups excluding carboxylic acids is 1. The van der Waals surface area contributed by atoms with Crippen LogP contribution >= 0.6 is 0 Å². The van der Waals surface area contributed by atoms with E-state index >= 15 is 0 Å². The Morgan fingerprint density at radius 3 is 2.45 bits per heavy atom. The molecular formula is C24H31F2N5O2. The summed E-state index contributed by atoms with van der Waals surface area (Å²) >= 11 is 0. The molecule has 0 radical (unpaired) electrons. The summed E-state index contributed by atoms with van der Waals surface area (Å²) in [4.78, 5) is 26.1. The van der Waals surface area contributed by atoms with Crippen molar-refractivity contribution in [2.24, 2.45) is 0 Å². The van der Waals surface area contributed by atoms with E-state index in [-0.39, 0.29) is 17.9 Å². The number of hydrogen-bond acceptors (Lipinski definition) is 6. The van der Waals surface area contributed by atoms with E-state index in [1.54, 1.807) is 4.90 Å². The number of piperazine rings is 1. The van der Waals surface area contributed by atoms with Crippen molar-refractivity contribution in [1.82, 2.24) is 20.2 Å². The number of carbonyl (C=O) groups is 1. The summed E-state index contributed by atoms with van der Waals surface area (Å²) in [5.41, 5.74) is 2.02. The topological polar surface area (TPSA) is 81.6 Å². The SMILES string of the molecule is CC(C)NCC(C(=O)N1CCN(c2ncnc3c2[C@H](C)C[C@H]3O)CC1)c1cc(F)cc(F)c1. The molecule has 3 atom stereocenters. The minimum absolute atomic E-state index is 0.132. The van der Waals surface area contributed by atoms with Crippen molar-refractivity contribution in [2.75, 3.05) is 37.6 Å². The van der Waals surface area contributed by atoms with Gasteiger partial charge in [0.05, 0.1) is 17.7 Å². The zero-order valence-corrected chi connectivity index (χ0v) is 19.3. The maximum absolute atomic E-state index is 13.9. The van der Waals surface area contributed by atoms with Crippen LogP contribution in [0.3, 0.4) is 0 Å². The second-order valence-electron chi connectivity index (χ2n) is 9.28. The second kappa shape index (κ2) is 9.69. The molecule has 1 unspecified atom stereocenters. The fourth-order valence-corrected chi connectivity index (χ4v) is 4.79. The van der Waals surface area contributed by atoms with Crippen molar-refractivity contribution in [2.45, 2.75) is 51.2 Å². The summed E-state index contributed by atoms with van der Waals surface area (Å²) in [5, 5.41) is 13.5. The van der Waals surface area contributed by atoms with Gasteiger partial charge < -0.3 is 20.2 Å². The number of rotatable bonds is 6. The molecule has 2 heterocycles. The van der Waals surface area contributed by atoms with Gasteiger partial charge in [0.25, 0.3) is 0 Å². The number of nitrogens with one attached hydrogen (secondary N) is 1. The number of benzene rings is 1. The van der Waals surface area contributed by atoms with E-state index in [1.807, 2.05) is 13.8 Å². The molecule has 9 heteroatoms. The Morgan fingerprint density at radius 1 is 1.15 bits per heavy atom. The first-order chi connectivity index (χ1) is 15.7. The highest BCUT2D eigenvalue weighted by Crippen LogP contribution is 2.42. The van der Waals surface area contributed by atoms with Crippen LogP contribution in [0.2, 0.25) is 0 Å². The third kappa shape index (κ3) is 4.99. The maximum Gasteiger partial charge on any atom is 0.231 e. The molecule has 1 aliphatic heterocycles. The number of aliphatic hydroxyl groups is 1. The van der Waals surface area contributed by atoms with Crippen LogP contribution in [0.4, 0.5) is 14.6 Å². The van der Waals surface area contributed by atoms with Crippen LogP contribution < -0.4 is 10.2 Å². The van der Waals surface area contributed by atoms with Crippen molar-refractivity contribution in [3.63, 3.8) is 0 Å². The van der Waals surface area contributed by atoms with E-state index in [2.05, 4.69) is 27.1 Å². The molecule has 1 fully saturated rings. The van der Waals surface area contributed by atoms with Gasteiger partial charge in [-0.05, 0) is 30.0 Å². The number of anilines is 1. The van der Waals surface area contributed by atoms with E-state index in [9.17, 15) is 18.7 Å². The number of halogens is 2. The van der Waals surface area contributed by atoms with E-state index in [0.717, 1.165) is 17.4 Å². The smallest absolute Gasteiger partial charge is 0.231 e. The van der Waals surface area contributed by atoms with Crippen LogP contribution in [-0.4, -0.2) is 64.6 Å². The molecule has 2 N–H and O–H groups in total. The molecular weight excluding hydrogens is 428 g/mol. The maximum atomic E-state index is 13.9. The standard InChI is InChI=1S/C24H31F2N5O2/c1-14(2)27-12-19(16-9-17(25)11-18(26)10-16)24(33)31-6-4-30(5-7-31)23-21-15(3)8-20(32)22(21)28-13-29-23/h9-11,13-15,19-20,27,32H,4-8,12H2,1-3H3/t15-,19?,20-/m1/s1. The number of aliphatic hydroxyl groups excluding tert-OH is 1. The first kappa shape index (κ1) is 23.5. The predicted octanol–water partition coefficient (Wildman–Crippen LogP) is 2.73. The van der Waals surface area contributed by atoms with Crippen molar-refractivity contribution in [3.8, 4) is 0 Å². The first-order valence-corrected chi connectivity index (χ1v) is 11.5. The van der Waals surface area contributed by atoms with Crippen LogP contribution in [0.25, 0.3) is 0 Å². The summed E-state index contributed by atoms with van der Waals surface area (Å²) in [7, 11) is 0. The van der Waals surface area contributed by atoms with Gasteiger partial charge in [-0.3, -0.25) is 4.79 Å². The Bertz CT molecular complexity index is 990. The normalized spacial score (nSPS) is 21.4. The minimum Gasteiger partial charge on any atom is -0.387 e. The molecule has 1 amide bonds. The minimum atomic E-state index is -0.689. The van der Waals surface area contributed by atoms with Gasteiger partial charge in [0.15, 0.2) is 0 Å². The average molecular weight is 460 g/mol. The fraction of sp³-hybridized carbons (Fsp3) is 0.542. The number of fused-ring (bicyclic) bond motifs is 1. The van der Waals surface area contributed by atoms with Gasteiger partial charge in [0.1, 0.15) is 23.8 Å². The van der Waals surface area contributed by atoms with Gasteiger partial charge >= 0.3 is 0 Å². The monoisotopic (exact) mass is 459 g/mol. The molecule has 2 aromatic rings. The molecule has 1 aromatic heterocycles. The van der Waals surface area contributed by atoms with Crippen molar-refractivity contribution >= 4 is 11.7 Å². The largest absolute Gasteiger partial charge is 0.387 e. The predicted molar refractivity (Wildman–Crippen MR) is 121 cm³/mol. The van der Waals surface area contributed by atoms with E-state index in [0.29, 0.717) is 50.4 Å². The number of hydrogen-bond donors (Lipinski definition) is 2. The average Bonchev–Trinajstić information content (AvgIpc) is 3.07. The van der Waals surface area contributed by atoms with Gasteiger partial charge in [-0.25, -0.2) is 18.7 Å². The molecule has 0 saturated carbocycles. The lowest BCUT2D eigenvalue weighted by atomic mass is 9.96. The van der Waals surface area contributed by atoms with Crippen LogP contribution in [0.1, 0.15) is 62.0 Å². The number of nitrogens with zero attached hydrogens (tertiary/aromatic N) is 4. The molecule has 1 saturated heterocycles. The molecule has 1 aliphatic carbocycles. The molecule has 178 valence electrons. The van der Waals surface area contributed by atoms with Crippen molar-refractivity contribution in [1.29, 1.82) is 0 Å². The Hall–Kier alpha value is -2.65. The van der Waals surface area contributed by atoms with Crippen molar-refractivity contribution in [3.05, 3.63) is 53.0 Å². The summed E-state index contributed by atoms with van der Waals surface area (Å²) < 4.78 is 27.8. The summed E-state index contributed by atoms with van der Waals surface area (Å²) in [6.07, 6.45) is 1.55. The number of amides is 1. The van der Waals surface area contributed by atoms with Gasteiger partial charge in [0, 0.05) is 50.4 Å². The highest BCUT2D eigenvalue weighted by Gasteiger charge is 2.35. The molecule has 2 aliphatic rings. The lowest BCUT2D eigenvalue weighted by Gasteiger charge is -2.38. The first-order valence-electron chi connectivity index (χ1n) is 11.5. The Balaban J connectivity index is 1.49. The van der Waals surface area contributed by atoms with Gasteiger partial charge in [-0.1, -0.05) is 20.8 Å². The second-order valence-corrected chi connectivity index (χ2v) is 9.28. The molecule has 1 aromatic carbocycles. The summed E-state index contributed by atoms with van der Waals surface area (Å²) in [5.74, 6) is -1.22. The van der Waals surface area contributed by atoms with E-state index in [4.69, 9.17) is 0 Å². The van der Waals surface area contributed by atoms with E-state index < -0.39 is 23.7 Å². The molecule has 0 bridgehead atoms. The van der Waals surface area contributed by atoms with Crippen LogP contribution in [0.5, 0.6) is 0 Å². The van der Waals surface area contributed by atoms with E-state index in [1.165, 1.54) is 18.5 Å². The van der Waals surface area contributed by atoms with Crippen LogP contribution in [0, 0.1) is 11.6 Å². The lowest BCUT2D eigenvalue weighted by Crippen LogP contribution is -2.51. The fourth-order valence-electron chi connectivity index (χ4n) is 4.79. The molecule has 0 spiro atoms. The third-order valence-electron chi connectivity index (χ3n) is 6.49. The highest BCUT2D eigenvalue weighted by molar-refractivity contribution is 5.84. The molecule has 7 nitrogen and oxygen atoms in total. The highest BCUT2D eigenvalue weighted by atomic mass is 19.1. The summed E-state index contributed by atoms with van der Waals surface area (Å²) in [6.45, 7) is 8.41. The summed E-state index contributed by atoms with van der Waals surface area (Å²) in [6, 6.07) is 3.42. The third-order valence-corrected chi connectivity index (χ3v) is 6.49. The zero-order valence-electron chi connectivity index (χ0n) is 19.3. The van der Waals surface area contributed by atoms with Gasteiger partial charge in [0.2, 0.25) is 5.91 Å². The Kier molecular flexibility index (Phi) is 6.90.